The van der Waals surface area contributed by atoms with Gasteiger partial charge in [-0.15, -0.1) is 0 Å². The van der Waals surface area contributed by atoms with Gasteiger partial charge in [0.15, 0.2) is 0 Å². The van der Waals surface area contributed by atoms with Crippen LogP contribution in [0.4, 0.5) is 5.69 Å². The van der Waals surface area contributed by atoms with Crippen molar-refractivity contribution in [1.29, 1.82) is 0 Å². The number of carbonyl (C=O) groups excluding carboxylic acids is 1. The zero-order valence-corrected chi connectivity index (χ0v) is 12.9. The van der Waals surface area contributed by atoms with E-state index < -0.39 is 0 Å². The smallest absolute Gasteiger partial charge is 0.238 e. The van der Waals surface area contributed by atoms with Crippen molar-refractivity contribution in [3.8, 4) is 0 Å². The van der Waals surface area contributed by atoms with Gasteiger partial charge < -0.3 is 5.32 Å². The highest BCUT2D eigenvalue weighted by Crippen LogP contribution is 2.29. The lowest BCUT2D eigenvalue weighted by molar-refractivity contribution is -0.117. The Kier molecular flexibility index (Phi) is 5.40. The summed E-state index contributed by atoms with van der Waals surface area (Å²) in [6.45, 7) is 4.72. The maximum Gasteiger partial charge on any atom is 0.238 e. The average molecular weight is 325 g/mol. The van der Waals surface area contributed by atoms with Crippen molar-refractivity contribution in [3.05, 3.63) is 28.7 Å². The molecule has 4 heteroatoms. The van der Waals surface area contributed by atoms with Crippen LogP contribution in [0, 0.1) is 5.92 Å². The lowest BCUT2D eigenvalue weighted by Gasteiger charge is -2.21. The van der Waals surface area contributed by atoms with Gasteiger partial charge in [0.1, 0.15) is 0 Å². The van der Waals surface area contributed by atoms with E-state index in [9.17, 15) is 4.79 Å². The Morgan fingerprint density at radius 3 is 2.79 bits per heavy atom. The Bertz CT molecular complexity index is 432. The monoisotopic (exact) mass is 324 g/mol. The van der Waals surface area contributed by atoms with Gasteiger partial charge in [0.05, 0.1) is 12.2 Å². The van der Waals surface area contributed by atoms with E-state index in [1.807, 2.05) is 24.3 Å². The van der Waals surface area contributed by atoms with E-state index >= 15 is 0 Å². The van der Waals surface area contributed by atoms with E-state index in [1.165, 1.54) is 12.8 Å². The van der Waals surface area contributed by atoms with Crippen LogP contribution in [0.5, 0.6) is 0 Å². The predicted molar refractivity (Wildman–Crippen MR) is 82.2 cm³/mol. The number of nitrogens with one attached hydrogen (secondary N) is 1. The summed E-state index contributed by atoms with van der Waals surface area (Å²) in [5, 5.41) is 2.97. The average Bonchev–Trinajstić information content (AvgIpc) is 3.16. The second kappa shape index (κ2) is 7.06. The van der Waals surface area contributed by atoms with Crippen molar-refractivity contribution in [1.82, 2.24) is 4.90 Å². The van der Waals surface area contributed by atoms with Crippen molar-refractivity contribution in [2.75, 3.05) is 25.0 Å². The molecule has 1 aromatic rings. The Morgan fingerprint density at radius 1 is 1.42 bits per heavy atom. The summed E-state index contributed by atoms with van der Waals surface area (Å²) >= 11 is 3.44. The Labute approximate surface area is 123 Å². The minimum atomic E-state index is 0.0704. The molecule has 1 aliphatic carbocycles. The molecule has 3 nitrogen and oxygen atoms in total. The maximum atomic E-state index is 12.1. The lowest BCUT2D eigenvalue weighted by atomic mass is 10.3. The van der Waals surface area contributed by atoms with Crippen molar-refractivity contribution < 1.29 is 4.79 Å². The van der Waals surface area contributed by atoms with E-state index in [1.54, 1.807) is 0 Å². The Balaban J connectivity index is 1.86. The predicted octanol–water partition coefficient (Wildman–Crippen LogP) is 3.51. The van der Waals surface area contributed by atoms with E-state index in [4.69, 9.17) is 0 Å². The zero-order chi connectivity index (χ0) is 13.7. The van der Waals surface area contributed by atoms with Gasteiger partial charge in [-0.1, -0.05) is 19.1 Å². The van der Waals surface area contributed by atoms with E-state index in [-0.39, 0.29) is 5.91 Å². The molecular formula is C15H21BrN2O. The summed E-state index contributed by atoms with van der Waals surface area (Å²) in [4.78, 5) is 14.3. The highest BCUT2D eigenvalue weighted by Gasteiger charge is 2.24. The highest BCUT2D eigenvalue weighted by molar-refractivity contribution is 9.10. The van der Waals surface area contributed by atoms with Crippen LogP contribution in [0.25, 0.3) is 0 Å². The molecule has 0 aromatic heterocycles. The first-order chi connectivity index (χ1) is 9.19. The molecule has 0 heterocycles. The summed E-state index contributed by atoms with van der Waals surface area (Å²) < 4.78 is 0.924. The molecule has 1 aromatic carbocycles. The first-order valence-corrected chi connectivity index (χ1v) is 7.75. The molecule has 1 aliphatic rings. The molecule has 0 spiro atoms. The second-order valence-electron chi connectivity index (χ2n) is 5.21. The molecule has 0 saturated heterocycles. The van der Waals surface area contributed by atoms with Crippen LogP contribution in [0.15, 0.2) is 28.7 Å². The van der Waals surface area contributed by atoms with E-state index in [2.05, 4.69) is 33.1 Å². The van der Waals surface area contributed by atoms with Gasteiger partial charge in [0.25, 0.3) is 0 Å². The van der Waals surface area contributed by atoms with Crippen LogP contribution in [-0.2, 0) is 4.79 Å². The third-order valence-corrected chi connectivity index (χ3v) is 3.96. The maximum absolute atomic E-state index is 12.1. The van der Waals surface area contributed by atoms with Crippen LogP contribution >= 0.6 is 15.9 Å². The number of carbonyl (C=O) groups is 1. The topological polar surface area (TPSA) is 32.3 Å². The SMILES string of the molecule is CCCN(CC(=O)Nc1ccccc1Br)CC1CC1. The van der Waals surface area contributed by atoms with Crippen LogP contribution < -0.4 is 5.32 Å². The summed E-state index contributed by atoms with van der Waals surface area (Å²) in [5.74, 6) is 0.892. The molecule has 1 amide bonds. The third-order valence-electron chi connectivity index (χ3n) is 3.27. The van der Waals surface area contributed by atoms with Gasteiger partial charge in [0.2, 0.25) is 5.91 Å². The number of anilines is 1. The Hall–Kier alpha value is -0.870. The number of benzene rings is 1. The highest BCUT2D eigenvalue weighted by atomic mass is 79.9. The molecule has 104 valence electrons. The number of nitrogens with zero attached hydrogens (tertiary/aromatic N) is 1. The zero-order valence-electron chi connectivity index (χ0n) is 11.4. The first kappa shape index (κ1) is 14.5. The number of amides is 1. The molecule has 1 fully saturated rings. The summed E-state index contributed by atoms with van der Waals surface area (Å²) in [5.41, 5.74) is 0.843. The third kappa shape index (κ3) is 4.96. The molecule has 1 N–H and O–H groups in total. The number of hydrogen-bond acceptors (Lipinski definition) is 2. The number of halogens is 1. The molecular weight excluding hydrogens is 304 g/mol. The molecule has 2 rings (SSSR count). The van der Waals surface area contributed by atoms with Crippen molar-refractivity contribution in [2.45, 2.75) is 26.2 Å². The fourth-order valence-electron chi connectivity index (χ4n) is 2.17. The van der Waals surface area contributed by atoms with Crippen molar-refractivity contribution in [2.24, 2.45) is 5.92 Å². The van der Waals surface area contributed by atoms with Gasteiger partial charge in [-0.25, -0.2) is 0 Å². The summed E-state index contributed by atoms with van der Waals surface area (Å²) in [7, 11) is 0. The Morgan fingerprint density at radius 2 is 2.16 bits per heavy atom. The fraction of sp³-hybridized carbons (Fsp3) is 0.533. The minimum absolute atomic E-state index is 0.0704. The summed E-state index contributed by atoms with van der Waals surface area (Å²) in [6, 6.07) is 7.71. The second-order valence-corrected chi connectivity index (χ2v) is 6.06. The molecule has 19 heavy (non-hydrogen) atoms. The fourth-order valence-corrected chi connectivity index (χ4v) is 2.56. The van der Waals surface area contributed by atoms with Gasteiger partial charge >= 0.3 is 0 Å². The summed E-state index contributed by atoms with van der Waals surface area (Å²) in [6.07, 6.45) is 3.74. The van der Waals surface area contributed by atoms with Crippen LogP contribution in [0.2, 0.25) is 0 Å². The van der Waals surface area contributed by atoms with Crippen molar-refractivity contribution >= 4 is 27.5 Å². The standard InChI is InChI=1S/C15H21BrN2O/c1-2-9-18(10-12-7-8-12)11-15(19)17-14-6-4-3-5-13(14)16/h3-6,12H,2,7-11H2,1H3,(H,17,19). The number of para-hydroxylation sites is 1. The molecule has 0 bridgehead atoms. The number of hydrogen-bond donors (Lipinski definition) is 1. The van der Waals surface area contributed by atoms with E-state index in [0.29, 0.717) is 6.54 Å². The van der Waals surface area contributed by atoms with Gasteiger partial charge in [-0.2, -0.15) is 0 Å². The van der Waals surface area contributed by atoms with Crippen LogP contribution in [0.1, 0.15) is 26.2 Å². The molecule has 0 unspecified atom stereocenters. The quantitative estimate of drug-likeness (QED) is 0.832. The van der Waals surface area contributed by atoms with Crippen LogP contribution in [-0.4, -0.2) is 30.4 Å². The number of rotatable bonds is 7. The molecule has 0 radical (unpaired) electrons. The molecule has 0 aliphatic heterocycles. The van der Waals surface area contributed by atoms with Gasteiger partial charge in [-0.3, -0.25) is 9.69 Å². The molecule has 0 atom stereocenters. The van der Waals surface area contributed by atoms with Crippen molar-refractivity contribution in [3.63, 3.8) is 0 Å². The first-order valence-electron chi connectivity index (χ1n) is 6.95. The lowest BCUT2D eigenvalue weighted by Crippen LogP contribution is -2.35. The van der Waals surface area contributed by atoms with E-state index in [0.717, 1.165) is 35.6 Å². The molecule has 1 saturated carbocycles. The van der Waals surface area contributed by atoms with Crippen LogP contribution in [0.3, 0.4) is 0 Å². The largest absolute Gasteiger partial charge is 0.324 e. The van der Waals surface area contributed by atoms with Gasteiger partial charge in [0, 0.05) is 11.0 Å². The van der Waals surface area contributed by atoms with Gasteiger partial charge in [-0.05, 0) is 59.8 Å². The minimum Gasteiger partial charge on any atom is -0.324 e. The normalized spacial score (nSPS) is 14.7.